The molecular weight excluding hydrogens is 310 g/mol. The molecule has 1 aromatic heterocycles. The van der Waals surface area contributed by atoms with Crippen molar-refractivity contribution in [2.24, 2.45) is 0 Å². The van der Waals surface area contributed by atoms with E-state index in [-0.39, 0.29) is 18.3 Å². The van der Waals surface area contributed by atoms with Crippen LogP contribution in [0.15, 0.2) is 11.4 Å². The molecule has 7 heteroatoms. The van der Waals surface area contributed by atoms with E-state index in [4.69, 9.17) is 4.74 Å². The Morgan fingerprint density at radius 1 is 1.38 bits per heavy atom. The van der Waals surface area contributed by atoms with Crippen molar-refractivity contribution in [2.75, 3.05) is 46.4 Å². The highest BCUT2D eigenvalue weighted by molar-refractivity contribution is 7.12. The van der Waals surface area contributed by atoms with Crippen LogP contribution in [0.25, 0.3) is 0 Å². The van der Waals surface area contributed by atoms with Crippen LogP contribution in [0.1, 0.15) is 16.1 Å². The second-order valence-electron chi connectivity index (χ2n) is 5.33. The minimum Gasteiger partial charge on any atom is -0.496 e. The summed E-state index contributed by atoms with van der Waals surface area (Å²) in [7, 11) is 1.63. The first-order chi connectivity index (χ1) is 9.78. The largest absolute Gasteiger partial charge is 0.496 e. The Bertz CT molecular complexity index is 477. The summed E-state index contributed by atoms with van der Waals surface area (Å²) >= 11 is 1.47. The van der Waals surface area contributed by atoms with Gasteiger partial charge in [-0.05, 0) is 6.42 Å². The van der Waals surface area contributed by atoms with Crippen LogP contribution >= 0.6 is 23.7 Å². The molecule has 0 spiro atoms. The third-order valence-corrected chi connectivity index (χ3v) is 5.04. The zero-order valence-electron chi connectivity index (χ0n) is 12.2. The summed E-state index contributed by atoms with van der Waals surface area (Å²) < 4.78 is 5.15. The predicted molar refractivity (Wildman–Crippen MR) is 86.9 cm³/mol. The average Bonchev–Trinajstić information content (AvgIpc) is 3.17. The number of carbonyl (C=O) groups is 1. The molecule has 1 atom stereocenters. The van der Waals surface area contributed by atoms with Gasteiger partial charge < -0.3 is 15.0 Å². The van der Waals surface area contributed by atoms with Crippen LogP contribution in [0.2, 0.25) is 0 Å². The molecule has 2 aliphatic heterocycles. The summed E-state index contributed by atoms with van der Waals surface area (Å²) in [6.45, 7) is 6.05. The van der Waals surface area contributed by atoms with Gasteiger partial charge in [0.05, 0.1) is 12.0 Å². The number of halogens is 1. The van der Waals surface area contributed by atoms with Crippen molar-refractivity contribution in [1.29, 1.82) is 0 Å². The van der Waals surface area contributed by atoms with Gasteiger partial charge in [-0.25, -0.2) is 0 Å². The van der Waals surface area contributed by atoms with Crippen molar-refractivity contribution in [2.45, 2.75) is 12.5 Å². The average molecular weight is 332 g/mol. The monoisotopic (exact) mass is 331 g/mol. The smallest absolute Gasteiger partial charge is 0.264 e. The molecular formula is C14H22ClN3O2S. The molecule has 0 aliphatic carbocycles. The molecule has 0 aromatic carbocycles. The highest BCUT2D eigenvalue weighted by Crippen LogP contribution is 2.25. The van der Waals surface area contributed by atoms with E-state index in [1.165, 1.54) is 11.3 Å². The highest BCUT2D eigenvalue weighted by Gasteiger charge is 2.31. The van der Waals surface area contributed by atoms with Gasteiger partial charge in [-0.3, -0.25) is 9.69 Å². The topological polar surface area (TPSA) is 44.8 Å². The van der Waals surface area contributed by atoms with Gasteiger partial charge in [0.25, 0.3) is 5.91 Å². The fourth-order valence-electron chi connectivity index (χ4n) is 2.97. The van der Waals surface area contributed by atoms with E-state index in [0.29, 0.717) is 6.04 Å². The lowest BCUT2D eigenvalue weighted by Crippen LogP contribution is -2.49. The van der Waals surface area contributed by atoms with Crippen molar-refractivity contribution in [3.63, 3.8) is 0 Å². The van der Waals surface area contributed by atoms with Crippen LogP contribution in [-0.2, 0) is 0 Å². The van der Waals surface area contributed by atoms with Crippen LogP contribution in [0, 0.1) is 0 Å². The molecule has 1 amide bonds. The Morgan fingerprint density at radius 2 is 2.14 bits per heavy atom. The number of carbonyl (C=O) groups excluding carboxylic acids is 1. The molecule has 2 fully saturated rings. The molecule has 21 heavy (non-hydrogen) atoms. The summed E-state index contributed by atoms with van der Waals surface area (Å²) in [6.07, 6.45) is 1.09. The van der Waals surface area contributed by atoms with E-state index in [1.54, 1.807) is 7.11 Å². The molecule has 2 saturated heterocycles. The number of nitrogens with zero attached hydrogens (tertiary/aromatic N) is 2. The molecule has 0 saturated carbocycles. The van der Waals surface area contributed by atoms with Gasteiger partial charge in [0.15, 0.2) is 0 Å². The zero-order chi connectivity index (χ0) is 13.9. The minimum atomic E-state index is 0. The Hall–Kier alpha value is -0.820. The van der Waals surface area contributed by atoms with Crippen molar-refractivity contribution in [3.05, 3.63) is 16.3 Å². The second-order valence-corrected chi connectivity index (χ2v) is 6.24. The van der Waals surface area contributed by atoms with Gasteiger partial charge in [0.1, 0.15) is 5.75 Å². The lowest BCUT2D eigenvalue weighted by molar-refractivity contribution is 0.0778. The van der Waals surface area contributed by atoms with Gasteiger partial charge in [0.2, 0.25) is 0 Å². The standard InChI is InChI=1S/C14H21N3O2S.ClH/c1-19-12-8-13(20-10-12)14(18)17-5-2-11(9-17)16-6-3-15-4-7-16;/h8,10-11,15H,2-7,9H2,1H3;1H. The van der Waals surface area contributed by atoms with E-state index in [1.807, 2.05) is 16.3 Å². The molecule has 2 aliphatic rings. The van der Waals surface area contributed by atoms with E-state index in [9.17, 15) is 4.79 Å². The Morgan fingerprint density at radius 3 is 2.81 bits per heavy atom. The van der Waals surface area contributed by atoms with Gasteiger partial charge in [-0.1, -0.05) is 0 Å². The van der Waals surface area contributed by atoms with Gasteiger partial charge >= 0.3 is 0 Å². The fourth-order valence-corrected chi connectivity index (χ4v) is 3.79. The van der Waals surface area contributed by atoms with Crippen molar-refractivity contribution >= 4 is 29.7 Å². The number of likely N-dealkylation sites (tertiary alicyclic amines) is 1. The lowest BCUT2D eigenvalue weighted by atomic mass is 10.2. The van der Waals surface area contributed by atoms with E-state index < -0.39 is 0 Å². The molecule has 3 heterocycles. The number of nitrogens with one attached hydrogen (secondary N) is 1. The summed E-state index contributed by atoms with van der Waals surface area (Å²) in [5.74, 6) is 0.923. The first-order valence-corrected chi connectivity index (χ1v) is 8.02. The van der Waals surface area contributed by atoms with Crippen molar-refractivity contribution in [1.82, 2.24) is 15.1 Å². The first kappa shape index (κ1) is 16.5. The van der Waals surface area contributed by atoms with Gasteiger partial charge in [-0.2, -0.15) is 0 Å². The highest BCUT2D eigenvalue weighted by atomic mass is 35.5. The third kappa shape index (κ3) is 3.69. The fraction of sp³-hybridized carbons (Fsp3) is 0.643. The van der Waals surface area contributed by atoms with Crippen LogP contribution < -0.4 is 10.1 Å². The predicted octanol–water partition coefficient (Wildman–Crippen LogP) is 1.30. The third-order valence-electron chi connectivity index (χ3n) is 4.14. The van der Waals surface area contributed by atoms with E-state index in [2.05, 4.69) is 10.2 Å². The molecule has 0 bridgehead atoms. The second kappa shape index (κ2) is 7.45. The SMILES string of the molecule is COc1csc(C(=O)N2CCC(N3CCNCC3)C2)c1.Cl. The first-order valence-electron chi connectivity index (χ1n) is 7.14. The van der Waals surface area contributed by atoms with Crippen LogP contribution in [0.5, 0.6) is 5.75 Å². The van der Waals surface area contributed by atoms with Crippen LogP contribution in [0.4, 0.5) is 0 Å². The van der Waals surface area contributed by atoms with Gasteiger partial charge in [0, 0.05) is 56.8 Å². The number of hydrogen-bond acceptors (Lipinski definition) is 5. The van der Waals surface area contributed by atoms with Crippen LogP contribution in [0.3, 0.4) is 0 Å². The zero-order valence-corrected chi connectivity index (χ0v) is 13.8. The molecule has 1 aromatic rings. The molecule has 5 nitrogen and oxygen atoms in total. The van der Waals surface area contributed by atoms with Crippen molar-refractivity contribution in [3.8, 4) is 5.75 Å². The molecule has 1 unspecified atom stereocenters. The summed E-state index contributed by atoms with van der Waals surface area (Å²) in [4.78, 5) is 17.7. The number of ether oxygens (including phenoxy) is 1. The van der Waals surface area contributed by atoms with E-state index in [0.717, 1.165) is 56.3 Å². The molecule has 118 valence electrons. The minimum absolute atomic E-state index is 0. The lowest BCUT2D eigenvalue weighted by Gasteiger charge is -2.32. The van der Waals surface area contributed by atoms with E-state index >= 15 is 0 Å². The maximum Gasteiger partial charge on any atom is 0.264 e. The Kier molecular flexibility index (Phi) is 5.87. The number of thiophene rings is 1. The number of methoxy groups -OCH3 is 1. The summed E-state index contributed by atoms with van der Waals surface area (Å²) in [5, 5.41) is 5.26. The summed E-state index contributed by atoms with van der Waals surface area (Å²) in [5.41, 5.74) is 0. The molecule has 0 radical (unpaired) electrons. The number of piperazine rings is 1. The summed E-state index contributed by atoms with van der Waals surface area (Å²) in [6, 6.07) is 2.37. The maximum absolute atomic E-state index is 12.5. The normalized spacial score (nSPS) is 22.9. The number of hydrogen-bond donors (Lipinski definition) is 1. The Balaban J connectivity index is 0.00000161. The number of amides is 1. The molecule has 1 N–H and O–H groups in total. The maximum atomic E-state index is 12.5. The van der Waals surface area contributed by atoms with Crippen LogP contribution in [-0.4, -0.2) is 68.1 Å². The van der Waals surface area contributed by atoms with Crippen molar-refractivity contribution < 1.29 is 9.53 Å². The molecule has 3 rings (SSSR count). The quantitative estimate of drug-likeness (QED) is 0.907. The van der Waals surface area contributed by atoms with Gasteiger partial charge in [-0.15, -0.1) is 23.7 Å². The number of rotatable bonds is 3. The Labute approximate surface area is 135 Å².